The van der Waals surface area contributed by atoms with E-state index in [-0.39, 0.29) is 42.1 Å². The zero-order valence-corrected chi connectivity index (χ0v) is 23.0. The molecule has 1 atom stereocenters. The topological polar surface area (TPSA) is 66.4 Å². The van der Waals surface area contributed by atoms with Gasteiger partial charge >= 0.3 is 29.6 Å². The van der Waals surface area contributed by atoms with Gasteiger partial charge in [0.05, 0.1) is 6.61 Å². The van der Waals surface area contributed by atoms with Crippen molar-refractivity contribution >= 4 is 10.4 Å². The third-order valence-corrected chi connectivity index (χ3v) is 5.91. The van der Waals surface area contributed by atoms with Crippen LogP contribution < -0.4 is 29.6 Å². The molecule has 0 aliphatic rings. The molecule has 30 heavy (non-hydrogen) atoms. The SMILES string of the molecule is CCCCCCC/C=C/C(CCCCCCCCCCCCC)COS(=O)(=O)[O-].[Na+]. The Labute approximate surface area is 210 Å². The molecule has 0 aromatic rings. The first-order valence-corrected chi connectivity index (χ1v) is 13.6. The Bertz CT molecular complexity index is 466. The molecule has 0 N–H and O–H groups in total. The van der Waals surface area contributed by atoms with E-state index in [4.69, 9.17) is 0 Å². The van der Waals surface area contributed by atoms with Crippen LogP contribution in [0.4, 0.5) is 0 Å². The minimum atomic E-state index is -4.60. The van der Waals surface area contributed by atoms with E-state index in [0.29, 0.717) is 0 Å². The molecule has 174 valence electrons. The van der Waals surface area contributed by atoms with Crippen molar-refractivity contribution in [2.24, 2.45) is 5.92 Å². The predicted molar refractivity (Wildman–Crippen MR) is 123 cm³/mol. The molecule has 4 nitrogen and oxygen atoms in total. The quantitative estimate of drug-likeness (QED) is 0.0782. The fourth-order valence-electron chi connectivity index (χ4n) is 3.63. The van der Waals surface area contributed by atoms with Gasteiger partial charge in [0.2, 0.25) is 10.4 Å². The molecule has 0 rings (SSSR count). The maximum Gasteiger partial charge on any atom is 1.00 e. The molecule has 0 aliphatic heterocycles. The zero-order valence-electron chi connectivity index (χ0n) is 20.2. The van der Waals surface area contributed by atoms with Crippen LogP contribution >= 0.6 is 0 Å². The predicted octanol–water partition coefficient (Wildman–Crippen LogP) is 4.70. The number of hydrogen-bond donors (Lipinski definition) is 0. The molecule has 0 aromatic heterocycles. The van der Waals surface area contributed by atoms with Crippen LogP contribution in [-0.2, 0) is 14.6 Å². The van der Waals surface area contributed by atoms with Gasteiger partial charge in [-0.25, -0.2) is 8.42 Å². The van der Waals surface area contributed by atoms with Gasteiger partial charge in [-0.2, -0.15) is 0 Å². The van der Waals surface area contributed by atoms with E-state index < -0.39 is 10.4 Å². The molecule has 6 heteroatoms. The van der Waals surface area contributed by atoms with Crippen LogP contribution in [0, 0.1) is 5.92 Å². The Morgan fingerprint density at radius 2 is 1.17 bits per heavy atom. The van der Waals surface area contributed by atoms with Gasteiger partial charge in [0.15, 0.2) is 0 Å². The molecule has 0 saturated carbocycles. The van der Waals surface area contributed by atoms with Gasteiger partial charge in [0.25, 0.3) is 0 Å². The first kappa shape index (κ1) is 32.8. The van der Waals surface area contributed by atoms with Crippen LogP contribution in [0.2, 0.25) is 0 Å². The molecule has 0 radical (unpaired) electrons. The Morgan fingerprint density at radius 1 is 0.733 bits per heavy atom. The van der Waals surface area contributed by atoms with E-state index in [0.717, 1.165) is 19.3 Å². The third-order valence-electron chi connectivity index (χ3n) is 5.49. The summed E-state index contributed by atoms with van der Waals surface area (Å²) in [6.07, 6.45) is 26.6. The summed E-state index contributed by atoms with van der Waals surface area (Å²) < 4.78 is 36.8. The monoisotopic (exact) mass is 454 g/mol. The summed E-state index contributed by atoms with van der Waals surface area (Å²) in [7, 11) is -4.60. The van der Waals surface area contributed by atoms with Crippen LogP contribution in [0.3, 0.4) is 0 Å². The van der Waals surface area contributed by atoms with E-state index in [1.165, 1.54) is 96.3 Å². The van der Waals surface area contributed by atoms with E-state index in [9.17, 15) is 13.0 Å². The molecule has 0 heterocycles. The Hall–Kier alpha value is 0.610. The van der Waals surface area contributed by atoms with E-state index in [1.807, 2.05) is 0 Å². The average molecular weight is 455 g/mol. The minimum absolute atomic E-state index is 0. The molecule has 1 unspecified atom stereocenters. The van der Waals surface area contributed by atoms with Crippen LogP contribution in [0.1, 0.15) is 129 Å². The van der Waals surface area contributed by atoms with Crippen molar-refractivity contribution in [1.29, 1.82) is 0 Å². The maximum atomic E-state index is 10.8. The second-order valence-corrected chi connectivity index (χ2v) is 9.46. The first-order chi connectivity index (χ1) is 14.0. The van der Waals surface area contributed by atoms with Crippen molar-refractivity contribution in [3.8, 4) is 0 Å². The molecule has 0 fully saturated rings. The van der Waals surface area contributed by atoms with Crippen molar-refractivity contribution in [3.63, 3.8) is 0 Å². The molecule has 0 aromatic carbocycles. The van der Waals surface area contributed by atoms with Gasteiger partial charge in [-0.05, 0) is 19.3 Å². The van der Waals surface area contributed by atoms with Gasteiger partial charge in [-0.3, -0.25) is 4.18 Å². The van der Waals surface area contributed by atoms with Crippen LogP contribution in [0.15, 0.2) is 12.2 Å². The Balaban J connectivity index is 0. The third kappa shape index (κ3) is 26.6. The molecular weight excluding hydrogens is 407 g/mol. The average Bonchev–Trinajstić information content (AvgIpc) is 2.68. The number of rotatable bonds is 22. The largest absolute Gasteiger partial charge is 1.00 e. The van der Waals surface area contributed by atoms with Crippen molar-refractivity contribution in [2.75, 3.05) is 6.61 Å². The number of hydrogen-bond acceptors (Lipinski definition) is 4. The second kappa shape index (κ2) is 24.3. The van der Waals surface area contributed by atoms with Gasteiger partial charge in [0.1, 0.15) is 0 Å². The molecule has 0 spiro atoms. The zero-order chi connectivity index (χ0) is 21.6. The molecule has 0 amide bonds. The van der Waals surface area contributed by atoms with Crippen molar-refractivity contribution in [2.45, 2.75) is 129 Å². The molecule has 0 bridgehead atoms. The van der Waals surface area contributed by atoms with Crippen molar-refractivity contribution in [1.82, 2.24) is 0 Å². The minimum Gasteiger partial charge on any atom is -0.726 e. The summed E-state index contributed by atoms with van der Waals surface area (Å²) in [6, 6.07) is 0. The van der Waals surface area contributed by atoms with Gasteiger partial charge in [-0.15, -0.1) is 0 Å². The normalized spacial score (nSPS) is 12.9. The van der Waals surface area contributed by atoms with Gasteiger partial charge < -0.3 is 4.55 Å². The Morgan fingerprint density at radius 3 is 1.63 bits per heavy atom. The van der Waals surface area contributed by atoms with Gasteiger partial charge in [0, 0.05) is 5.92 Å². The van der Waals surface area contributed by atoms with Crippen LogP contribution in [0.5, 0.6) is 0 Å². The van der Waals surface area contributed by atoms with Crippen molar-refractivity contribution in [3.05, 3.63) is 12.2 Å². The summed E-state index contributed by atoms with van der Waals surface area (Å²) in [6.45, 7) is 4.44. The summed E-state index contributed by atoms with van der Waals surface area (Å²) in [5.74, 6) is 0.0212. The standard InChI is InChI=1S/C24H48O4S.Na/c1-3-5-7-9-11-12-13-14-16-18-20-22-24(23-28-29(25,26)27)21-19-17-15-10-8-6-4-2;/h19,21,24H,3-18,20,22-23H2,1-2H3,(H,25,26,27);/q;+1/p-1/b21-19+;. The van der Waals surface area contributed by atoms with Crippen LogP contribution in [-0.4, -0.2) is 19.6 Å². The summed E-state index contributed by atoms with van der Waals surface area (Å²) in [5.41, 5.74) is 0. The van der Waals surface area contributed by atoms with Crippen LogP contribution in [0.25, 0.3) is 0 Å². The fourth-order valence-corrected chi connectivity index (χ4v) is 3.97. The van der Waals surface area contributed by atoms with E-state index in [1.54, 1.807) is 0 Å². The second-order valence-electron chi connectivity index (χ2n) is 8.41. The summed E-state index contributed by atoms with van der Waals surface area (Å²) in [4.78, 5) is 0. The van der Waals surface area contributed by atoms with Gasteiger partial charge in [-0.1, -0.05) is 122 Å². The number of unbranched alkanes of at least 4 members (excludes halogenated alkanes) is 15. The smallest absolute Gasteiger partial charge is 0.726 e. The molecular formula is C24H47NaO4S. The van der Waals surface area contributed by atoms with E-state index in [2.05, 4.69) is 30.2 Å². The first-order valence-electron chi connectivity index (χ1n) is 12.3. The Kier molecular flexibility index (Phi) is 26.5. The fraction of sp³-hybridized carbons (Fsp3) is 0.917. The summed E-state index contributed by atoms with van der Waals surface area (Å²) >= 11 is 0. The summed E-state index contributed by atoms with van der Waals surface area (Å²) in [5, 5.41) is 0. The number of allylic oxidation sites excluding steroid dienone is 1. The maximum absolute atomic E-state index is 10.8. The van der Waals surface area contributed by atoms with Crippen molar-refractivity contribution < 1.29 is 46.7 Å². The molecule has 0 aliphatic carbocycles. The van der Waals surface area contributed by atoms with E-state index >= 15 is 0 Å². The molecule has 0 saturated heterocycles.